The molecule has 0 spiro atoms. The third kappa shape index (κ3) is 4.60. The topological polar surface area (TPSA) is 57.2 Å². The molecular formula is C27H29NO5. The zero-order valence-corrected chi connectivity index (χ0v) is 19.4. The predicted octanol–water partition coefficient (Wildman–Crippen LogP) is 4.65. The number of hydrogen-bond donors (Lipinski definition) is 0. The van der Waals surface area contributed by atoms with E-state index in [2.05, 4.69) is 0 Å². The van der Waals surface area contributed by atoms with Gasteiger partial charge in [-0.3, -0.25) is 4.79 Å². The van der Waals surface area contributed by atoms with E-state index in [-0.39, 0.29) is 11.9 Å². The van der Waals surface area contributed by atoms with Gasteiger partial charge in [-0.1, -0.05) is 30.3 Å². The average Bonchev–Trinajstić information content (AvgIpc) is 2.87. The Bertz CT molecular complexity index is 1100. The average molecular weight is 448 g/mol. The number of carbonyl (C=O) groups excluding carboxylic acids is 1. The number of fused-ring (bicyclic) bond motifs is 1. The van der Waals surface area contributed by atoms with E-state index in [1.54, 1.807) is 28.3 Å². The van der Waals surface area contributed by atoms with Crippen molar-refractivity contribution in [2.24, 2.45) is 0 Å². The molecule has 0 saturated carbocycles. The molecule has 4 rings (SSSR count). The maximum Gasteiger partial charge on any atom is 0.264 e. The highest BCUT2D eigenvalue weighted by Gasteiger charge is 2.35. The molecule has 0 saturated heterocycles. The van der Waals surface area contributed by atoms with Gasteiger partial charge in [-0.15, -0.1) is 0 Å². The molecule has 0 radical (unpaired) electrons. The lowest BCUT2D eigenvalue weighted by Gasteiger charge is -2.39. The second-order valence-corrected chi connectivity index (χ2v) is 7.94. The highest BCUT2D eigenvalue weighted by molar-refractivity contribution is 5.82. The van der Waals surface area contributed by atoms with Crippen LogP contribution in [0.25, 0.3) is 0 Å². The van der Waals surface area contributed by atoms with Crippen LogP contribution in [0.2, 0.25) is 0 Å². The Morgan fingerprint density at radius 3 is 2.18 bits per heavy atom. The second-order valence-electron chi connectivity index (χ2n) is 7.94. The van der Waals surface area contributed by atoms with Gasteiger partial charge in [-0.05, 0) is 66.4 Å². The van der Waals surface area contributed by atoms with Gasteiger partial charge in [-0.2, -0.15) is 0 Å². The quantitative estimate of drug-likeness (QED) is 0.528. The van der Waals surface area contributed by atoms with Gasteiger partial charge in [0.25, 0.3) is 5.91 Å². The summed E-state index contributed by atoms with van der Waals surface area (Å²) in [7, 11) is 4.89. The number of methoxy groups -OCH3 is 3. The maximum absolute atomic E-state index is 13.6. The summed E-state index contributed by atoms with van der Waals surface area (Å²) in [5.41, 5.74) is 3.14. The van der Waals surface area contributed by atoms with Crippen LogP contribution in [-0.2, 0) is 11.2 Å². The minimum absolute atomic E-state index is 0.0693. The first-order valence-corrected chi connectivity index (χ1v) is 11.0. The third-order valence-electron chi connectivity index (χ3n) is 5.99. The molecule has 0 aromatic heterocycles. The summed E-state index contributed by atoms with van der Waals surface area (Å²) < 4.78 is 22.4. The fourth-order valence-electron chi connectivity index (χ4n) is 4.32. The van der Waals surface area contributed by atoms with E-state index in [1.165, 1.54) is 0 Å². The van der Waals surface area contributed by atoms with E-state index in [0.717, 1.165) is 22.4 Å². The van der Waals surface area contributed by atoms with E-state index < -0.39 is 6.10 Å². The van der Waals surface area contributed by atoms with Crippen molar-refractivity contribution in [1.29, 1.82) is 0 Å². The SMILES string of the molecule is COc1ccc(C2c3cc(OC)c(OC)cc3CCN2C(=O)C(C)Oc2ccccc2)cc1. The highest BCUT2D eigenvalue weighted by atomic mass is 16.5. The van der Waals surface area contributed by atoms with E-state index in [1.807, 2.05) is 71.6 Å². The zero-order valence-electron chi connectivity index (χ0n) is 19.4. The summed E-state index contributed by atoms with van der Waals surface area (Å²) in [6.45, 7) is 2.37. The number of nitrogens with zero attached hydrogens (tertiary/aromatic N) is 1. The number of rotatable bonds is 7. The van der Waals surface area contributed by atoms with Crippen LogP contribution in [0.3, 0.4) is 0 Å². The van der Waals surface area contributed by atoms with Crippen molar-refractivity contribution in [1.82, 2.24) is 4.90 Å². The van der Waals surface area contributed by atoms with Crippen LogP contribution >= 0.6 is 0 Å². The fraction of sp³-hybridized carbons (Fsp3) is 0.296. The number of carbonyl (C=O) groups is 1. The van der Waals surface area contributed by atoms with Crippen LogP contribution in [-0.4, -0.2) is 44.8 Å². The molecule has 3 aromatic carbocycles. The van der Waals surface area contributed by atoms with Gasteiger partial charge >= 0.3 is 0 Å². The molecule has 0 aliphatic carbocycles. The van der Waals surface area contributed by atoms with Crippen LogP contribution in [0.1, 0.15) is 29.7 Å². The van der Waals surface area contributed by atoms with Gasteiger partial charge in [0.15, 0.2) is 17.6 Å². The van der Waals surface area contributed by atoms with Crippen molar-refractivity contribution >= 4 is 5.91 Å². The lowest BCUT2D eigenvalue weighted by Crippen LogP contribution is -2.46. The third-order valence-corrected chi connectivity index (χ3v) is 5.99. The number of hydrogen-bond acceptors (Lipinski definition) is 5. The normalized spacial score (nSPS) is 15.9. The second kappa shape index (κ2) is 9.86. The van der Waals surface area contributed by atoms with Crippen LogP contribution < -0.4 is 18.9 Å². The number of benzene rings is 3. The van der Waals surface area contributed by atoms with Crippen molar-refractivity contribution in [2.45, 2.75) is 25.5 Å². The summed E-state index contributed by atoms with van der Waals surface area (Å²) in [6, 6.07) is 20.9. The van der Waals surface area contributed by atoms with Crippen molar-refractivity contribution in [2.75, 3.05) is 27.9 Å². The van der Waals surface area contributed by atoms with Gasteiger partial charge < -0.3 is 23.8 Å². The smallest absolute Gasteiger partial charge is 0.264 e. The van der Waals surface area contributed by atoms with Gasteiger partial charge in [0.05, 0.1) is 27.4 Å². The molecule has 0 bridgehead atoms. The molecule has 2 unspecified atom stereocenters. The van der Waals surface area contributed by atoms with Crippen molar-refractivity contribution < 1.29 is 23.7 Å². The Hall–Kier alpha value is -3.67. The minimum atomic E-state index is -0.630. The molecule has 1 aliphatic rings. The molecule has 2 atom stereocenters. The Morgan fingerprint density at radius 1 is 0.879 bits per heavy atom. The Labute approximate surface area is 194 Å². The summed E-state index contributed by atoms with van der Waals surface area (Å²) in [5.74, 6) is 2.69. The standard InChI is InChI=1S/C27H29NO5/c1-18(33-22-8-6-5-7-9-22)27(29)28-15-14-20-16-24(31-3)25(32-4)17-23(20)26(28)19-10-12-21(30-2)13-11-19/h5-13,16-18,26H,14-15H2,1-4H3. The van der Waals surface area contributed by atoms with Crippen molar-refractivity contribution in [3.8, 4) is 23.0 Å². The summed E-state index contributed by atoms with van der Waals surface area (Å²) >= 11 is 0. The molecule has 6 nitrogen and oxygen atoms in total. The molecule has 172 valence electrons. The van der Waals surface area contributed by atoms with Crippen LogP contribution in [0.4, 0.5) is 0 Å². The first-order valence-electron chi connectivity index (χ1n) is 11.0. The van der Waals surface area contributed by atoms with Crippen LogP contribution in [0, 0.1) is 0 Å². The van der Waals surface area contributed by atoms with Crippen LogP contribution in [0.5, 0.6) is 23.0 Å². The monoisotopic (exact) mass is 447 g/mol. The first-order chi connectivity index (χ1) is 16.0. The lowest BCUT2D eigenvalue weighted by atomic mass is 9.87. The molecular weight excluding hydrogens is 418 g/mol. The highest BCUT2D eigenvalue weighted by Crippen LogP contribution is 2.41. The molecule has 6 heteroatoms. The Balaban J connectivity index is 1.73. The van der Waals surface area contributed by atoms with Gasteiger partial charge in [-0.25, -0.2) is 0 Å². The molecule has 1 aliphatic heterocycles. The van der Waals surface area contributed by atoms with E-state index >= 15 is 0 Å². The fourth-order valence-corrected chi connectivity index (χ4v) is 4.32. The molecule has 3 aromatic rings. The summed E-state index contributed by atoms with van der Waals surface area (Å²) in [4.78, 5) is 15.5. The van der Waals surface area contributed by atoms with E-state index in [9.17, 15) is 4.79 Å². The number of amides is 1. The van der Waals surface area contributed by atoms with Crippen LogP contribution in [0.15, 0.2) is 66.7 Å². The number of ether oxygens (including phenoxy) is 4. The van der Waals surface area contributed by atoms with Gasteiger partial charge in [0, 0.05) is 6.54 Å². The maximum atomic E-state index is 13.6. The number of para-hydroxylation sites is 1. The lowest BCUT2D eigenvalue weighted by molar-refractivity contribution is -0.140. The van der Waals surface area contributed by atoms with Crippen molar-refractivity contribution in [3.05, 3.63) is 83.4 Å². The zero-order chi connectivity index (χ0) is 23.4. The van der Waals surface area contributed by atoms with Gasteiger partial charge in [0.2, 0.25) is 0 Å². The van der Waals surface area contributed by atoms with Gasteiger partial charge in [0.1, 0.15) is 11.5 Å². The molecule has 0 fully saturated rings. The Morgan fingerprint density at radius 2 is 1.55 bits per heavy atom. The minimum Gasteiger partial charge on any atom is -0.497 e. The largest absolute Gasteiger partial charge is 0.497 e. The molecule has 1 heterocycles. The molecule has 33 heavy (non-hydrogen) atoms. The first kappa shape index (κ1) is 22.5. The molecule has 0 N–H and O–H groups in total. The van der Waals surface area contributed by atoms with E-state index in [4.69, 9.17) is 18.9 Å². The molecule has 1 amide bonds. The van der Waals surface area contributed by atoms with Crippen molar-refractivity contribution in [3.63, 3.8) is 0 Å². The Kier molecular flexibility index (Phi) is 6.73. The summed E-state index contributed by atoms with van der Waals surface area (Å²) in [5, 5.41) is 0. The van der Waals surface area contributed by atoms with E-state index in [0.29, 0.717) is 30.2 Å². The predicted molar refractivity (Wildman–Crippen MR) is 126 cm³/mol. The summed E-state index contributed by atoms with van der Waals surface area (Å²) in [6.07, 6.45) is 0.0846.